The van der Waals surface area contributed by atoms with Crippen LogP contribution in [0.4, 0.5) is 0 Å². The molecule has 3 rings (SSSR count). The first-order valence-electron chi connectivity index (χ1n) is 6.19. The standard InChI is InChI=1S/C12H19N3O/c1-2-10(1)7-16-8-11-3-13-4-12-5-14-9-15(12)6-11/h5,9-11,13H,1-4,6-8H2. The van der Waals surface area contributed by atoms with Crippen LogP contribution in [0.1, 0.15) is 18.5 Å². The molecule has 1 N–H and O–H groups in total. The molecule has 1 saturated carbocycles. The van der Waals surface area contributed by atoms with Gasteiger partial charge >= 0.3 is 0 Å². The number of hydrogen-bond donors (Lipinski definition) is 1. The first-order chi connectivity index (χ1) is 7.92. The molecule has 16 heavy (non-hydrogen) atoms. The molecule has 1 aliphatic heterocycles. The van der Waals surface area contributed by atoms with Crippen LogP contribution in [-0.2, 0) is 17.8 Å². The van der Waals surface area contributed by atoms with Crippen molar-refractivity contribution in [3.8, 4) is 0 Å². The molecule has 0 aromatic carbocycles. The summed E-state index contributed by atoms with van der Waals surface area (Å²) in [6.07, 6.45) is 6.61. The zero-order valence-electron chi connectivity index (χ0n) is 9.56. The van der Waals surface area contributed by atoms with Crippen molar-refractivity contribution >= 4 is 0 Å². The molecule has 1 fully saturated rings. The molecule has 0 bridgehead atoms. The maximum atomic E-state index is 5.77. The van der Waals surface area contributed by atoms with Gasteiger partial charge in [0.1, 0.15) is 0 Å². The first kappa shape index (κ1) is 10.3. The van der Waals surface area contributed by atoms with E-state index in [0.29, 0.717) is 5.92 Å². The fraction of sp³-hybridized carbons (Fsp3) is 0.750. The van der Waals surface area contributed by atoms with E-state index in [2.05, 4.69) is 14.9 Å². The molecular formula is C12H19N3O. The number of imidazole rings is 1. The van der Waals surface area contributed by atoms with E-state index in [-0.39, 0.29) is 0 Å². The molecule has 88 valence electrons. The lowest BCUT2D eigenvalue weighted by Crippen LogP contribution is -2.25. The Bertz CT molecular complexity index is 346. The fourth-order valence-corrected chi connectivity index (χ4v) is 2.20. The molecule has 1 atom stereocenters. The summed E-state index contributed by atoms with van der Waals surface area (Å²) in [4.78, 5) is 4.18. The van der Waals surface area contributed by atoms with Crippen LogP contribution in [0.25, 0.3) is 0 Å². The van der Waals surface area contributed by atoms with E-state index in [1.807, 2.05) is 12.5 Å². The van der Waals surface area contributed by atoms with Gasteiger partial charge in [-0.15, -0.1) is 0 Å². The summed E-state index contributed by atoms with van der Waals surface area (Å²) >= 11 is 0. The van der Waals surface area contributed by atoms with E-state index in [1.54, 1.807) is 0 Å². The summed E-state index contributed by atoms with van der Waals surface area (Å²) in [7, 11) is 0. The molecule has 0 saturated heterocycles. The highest BCUT2D eigenvalue weighted by Gasteiger charge is 2.22. The monoisotopic (exact) mass is 221 g/mol. The van der Waals surface area contributed by atoms with Crippen molar-refractivity contribution in [1.29, 1.82) is 0 Å². The van der Waals surface area contributed by atoms with Gasteiger partial charge in [0.05, 0.1) is 18.6 Å². The van der Waals surface area contributed by atoms with E-state index in [1.165, 1.54) is 18.5 Å². The molecule has 0 spiro atoms. The maximum Gasteiger partial charge on any atom is 0.0948 e. The lowest BCUT2D eigenvalue weighted by molar-refractivity contribution is 0.0866. The molecule has 0 amide bonds. The minimum Gasteiger partial charge on any atom is -0.381 e. The van der Waals surface area contributed by atoms with Gasteiger partial charge < -0.3 is 14.6 Å². The van der Waals surface area contributed by atoms with Crippen LogP contribution in [0.5, 0.6) is 0 Å². The van der Waals surface area contributed by atoms with E-state index in [0.717, 1.165) is 38.8 Å². The number of hydrogen-bond acceptors (Lipinski definition) is 3. The lowest BCUT2D eigenvalue weighted by atomic mass is 10.1. The van der Waals surface area contributed by atoms with E-state index in [9.17, 15) is 0 Å². The van der Waals surface area contributed by atoms with Gasteiger partial charge in [0.2, 0.25) is 0 Å². The lowest BCUT2D eigenvalue weighted by Gasteiger charge is -2.15. The predicted octanol–water partition coefficient (Wildman–Crippen LogP) is 1.03. The van der Waals surface area contributed by atoms with Gasteiger partial charge in [-0.05, 0) is 18.8 Å². The average molecular weight is 221 g/mol. The predicted molar refractivity (Wildman–Crippen MR) is 61.0 cm³/mol. The van der Waals surface area contributed by atoms with Crippen LogP contribution in [0.2, 0.25) is 0 Å². The van der Waals surface area contributed by atoms with Gasteiger partial charge in [0.25, 0.3) is 0 Å². The van der Waals surface area contributed by atoms with Crippen LogP contribution in [0.3, 0.4) is 0 Å². The third-order valence-corrected chi connectivity index (χ3v) is 3.40. The van der Waals surface area contributed by atoms with Gasteiger partial charge in [-0.25, -0.2) is 4.98 Å². The average Bonchev–Trinajstić information content (AvgIpc) is 3.04. The second-order valence-electron chi connectivity index (χ2n) is 5.02. The van der Waals surface area contributed by atoms with Gasteiger partial charge in [-0.2, -0.15) is 0 Å². The van der Waals surface area contributed by atoms with Crippen LogP contribution in [0.15, 0.2) is 12.5 Å². The quantitative estimate of drug-likeness (QED) is 0.825. The Morgan fingerprint density at radius 2 is 2.25 bits per heavy atom. The van der Waals surface area contributed by atoms with Crippen molar-refractivity contribution in [1.82, 2.24) is 14.9 Å². The summed E-state index contributed by atoms with van der Waals surface area (Å²) in [5, 5.41) is 3.45. The second kappa shape index (κ2) is 4.55. The Morgan fingerprint density at radius 1 is 1.38 bits per heavy atom. The van der Waals surface area contributed by atoms with Crippen LogP contribution in [0, 0.1) is 11.8 Å². The van der Waals surface area contributed by atoms with Crippen molar-refractivity contribution in [2.45, 2.75) is 25.9 Å². The minimum atomic E-state index is 0.578. The molecule has 0 radical (unpaired) electrons. The molecule has 4 nitrogen and oxygen atoms in total. The fourth-order valence-electron chi connectivity index (χ4n) is 2.20. The zero-order chi connectivity index (χ0) is 10.8. The van der Waals surface area contributed by atoms with Crippen LogP contribution < -0.4 is 5.32 Å². The highest BCUT2D eigenvalue weighted by Crippen LogP contribution is 2.29. The summed E-state index contributed by atoms with van der Waals surface area (Å²) in [5.41, 5.74) is 1.28. The number of ether oxygens (including phenoxy) is 1. The van der Waals surface area contributed by atoms with Crippen molar-refractivity contribution in [3.05, 3.63) is 18.2 Å². The summed E-state index contributed by atoms with van der Waals surface area (Å²) in [6.45, 7) is 4.85. The molecule has 1 aromatic rings. The van der Waals surface area contributed by atoms with E-state index < -0.39 is 0 Å². The van der Waals surface area contributed by atoms with Gasteiger partial charge in [-0.3, -0.25) is 0 Å². The topological polar surface area (TPSA) is 39.1 Å². The van der Waals surface area contributed by atoms with Crippen molar-refractivity contribution in [3.63, 3.8) is 0 Å². The maximum absolute atomic E-state index is 5.77. The van der Waals surface area contributed by atoms with Gasteiger partial charge in [-0.1, -0.05) is 0 Å². The molecule has 2 aliphatic rings. The normalized spacial score (nSPS) is 25.1. The molecule has 1 aliphatic carbocycles. The van der Waals surface area contributed by atoms with Gasteiger partial charge in [0, 0.05) is 38.4 Å². The number of aromatic nitrogens is 2. The highest BCUT2D eigenvalue weighted by molar-refractivity contribution is 4.99. The summed E-state index contributed by atoms with van der Waals surface area (Å²) < 4.78 is 8.01. The summed E-state index contributed by atoms with van der Waals surface area (Å²) in [6, 6.07) is 0. The smallest absolute Gasteiger partial charge is 0.0948 e. The Hall–Kier alpha value is -0.870. The van der Waals surface area contributed by atoms with Crippen molar-refractivity contribution in [2.24, 2.45) is 11.8 Å². The van der Waals surface area contributed by atoms with E-state index >= 15 is 0 Å². The Balaban J connectivity index is 1.51. The number of rotatable bonds is 4. The minimum absolute atomic E-state index is 0.578. The third-order valence-electron chi connectivity index (χ3n) is 3.40. The SMILES string of the molecule is c1ncn2c1CNCC(COCC1CC1)C2. The Labute approximate surface area is 96.0 Å². The summed E-state index contributed by atoms with van der Waals surface area (Å²) in [5.74, 6) is 1.44. The highest BCUT2D eigenvalue weighted by atomic mass is 16.5. The molecule has 2 heterocycles. The molecule has 1 aromatic heterocycles. The van der Waals surface area contributed by atoms with Crippen molar-refractivity contribution in [2.75, 3.05) is 19.8 Å². The molecular weight excluding hydrogens is 202 g/mol. The van der Waals surface area contributed by atoms with Gasteiger partial charge in [0.15, 0.2) is 0 Å². The number of fused-ring (bicyclic) bond motifs is 1. The third kappa shape index (κ3) is 2.44. The van der Waals surface area contributed by atoms with E-state index in [4.69, 9.17) is 4.74 Å². The first-order valence-corrected chi connectivity index (χ1v) is 6.19. The largest absolute Gasteiger partial charge is 0.381 e. The van der Waals surface area contributed by atoms with Crippen LogP contribution >= 0.6 is 0 Å². The second-order valence-corrected chi connectivity index (χ2v) is 5.02. The van der Waals surface area contributed by atoms with Crippen molar-refractivity contribution < 1.29 is 4.74 Å². The number of nitrogens with one attached hydrogen (secondary N) is 1. The molecule has 4 heteroatoms. The number of nitrogens with zero attached hydrogens (tertiary/aromatic N) is 2. The van der Waals surface area contributed by atoms with Crippen LogP contribution in [-0.4, -0.2) is 29.3 Å². The zero-order valence-corrected chi connectivity index (χ0v) is 9.56. The Kier molecular flexibility index (Phi) is 2.93. The Morgan fingerprint density at radius 3 is 3.12 bits per heavy atom. The molecule has 1 unspecified atom stereocenters.